The molecule has 0 bridgehead atoms. The summed E-state index contributed by atoms with van der Waals surface area (Å²) < 4.78 is 1.23. The Hall–Kier alpha value is -1.85. The van der Waals surface area contributed by atoms with E-state index in [9.17, 15) is 4.79 Å². The topological polar surface area (TPSA) is 42.0 Å². The summed E-state index contributed by atoms with van der Waals surface area (Å²) in [6.07, 6.45) is 1.83. The molecule has 3 aromatic rings. The van der Waals surface area contributed by atoms with Crippen molar-refractivity contribution in [3.8, 4) is 0 Å². The number of fused-ring (bicyclic) bond motifs is 1. The number of thioether (sulfide) groups is 1. The maximum absolute atomic E-state index is 12.2. The van der Waals surface area contributed by atoms with Crippen molar-refractivity contribution >= 4 is 39.2 Å². The number of carbonyl (C=O) groups is 1. The maximum atomic E-state index is 12.2. The average molecular weight is 371 g/mol. The molecule has 0 aliphatic heterocycles. The van der Waals surface area contributed by atoms with Gasteiger partial charge in [0.25, 0.3) is 0 Å². The third-order valence-corrected chi connectivity index (χ3v) is 6.26. The molecule has 25 heavy (non-hydrogen) atoms. The minimum absolute atomic E-state index is 0.00709. The van der Waals surface area contributed by atoms with Crippen molar-refractivity contribution in [3.05, 3.63) is 59.6 Å². The van der Waals surface area contributed by atoms with E-state index in [-0.39, 0.29) is 11.8 Å². The van der Waals surface area contributed by atoms with Crippen LogP contribution in [0, 0.1) is 5.92 Å². The number of rotatable bonds is 8. The van der Waals surface area contributed by atoms with Crippen LogP contribution in [0.3, 0.4) is 0 Å². The van der Waals surface area contributed by atoms with Gasteiger partial charge in [0.2, 0.25) is 5.91 Å². The normalized spacial score (nSPS) is 12.2. The molecule has 1 aromatic heterocycles. The number of hydrogen-bond donors (Lipinski definition) is 1. The molecule has 1 amide bonds. The number of hydrogen-bond acceptors (Lipinski definition) is 4. The lowest BCUT2D eigenvalue weighted by Crippen LogP contribution is -2.31. The van der Waals surface area contributed by atoms with Gasteiger partial charge in [0, 0.05) is 29.5 Å². The van der Waals surface area contributed by atoms with Crippen LogP contribution in [-0.2, 0) is 11.2 Å². The molecule has 0 spiro atoms. The lowest BCUT2D eigenvalue weighted by Gasteiger charge is -2.11. The SMILES string of the molecule is CC(CSc1ccccc1)C(=O)NCCCc1nc2ccccc2s1. The number of benzene rings is 2. The molecule has 130 valence electrons. The molecule has 0 aliphatic rings. The van der Waals surface area contributed by atoms with E-state index in [0.717, 1.165) is 29.1 Å². The number of carbonyl (C=O) groups excluding carboxylic acids is 1. The van der Waals surface area contributed by atoms with Crippen LogP contribution in [0.4, 0.5) is 0 Å². The minimum Gasteiger partial charge on any atom is -0.356 e. The van der Waals surface area contributed by atoms with Crippen LogP contribution in [0.25, 0.3) is 10.2 Å². The predicted octanol–water partition coefficient (Wildman–Crippen LogP) is 4.77. The van der Waals surface area contributed by atoms with Crippen molar-refractivity contribution in [2.75, 3.05) is 12.3 Å². The Morgan fingerprint density at radius 1 is 1.16 bits per heavy atom. The summed E-state index contributed by atoms with van der Waals surface area (Å²) in [5.41, 5.74) is 1.07. The second-order valence-corrected chi connectivity index (χ2v) is 8.20. The van der Waals surface area contributed by atoms with Crippen molar-refractivity contribution < 1.29 is 4.79 Å². The number of nitrogens with zero attached hydrogens (tertiary/aromatic N) is 1. The van der Waals surface area contributed by atoms with E-state index in [1.54, 1.807) is 23.1 Å². The summed E-state index contributed by atoms with van der Waals surface area (Å²) in [5.74, 6) is 0.939. The molecular weight excluding hydrogens is 348 g/mol. The Labute approximate surface area is 156 Å². The molecule has 0 fully saturated rings. The van der Waals surface area contributed by atoms with Gasteiger partial charge in [-0.15, -0.1) is 23.1 Å². The predicted molar refractivity (Wildman–Crippen MR) is 107 cm³/mol. The molecule has 0 saturated heterocycles. The molecule has 2 aromatic carbocycles. The summed E-state index contributed by atoms with van der Waals surface area (Å²) in [5, 5.41) is 4.19. The highest BCUT2D eigenvalue weighted by molar-refractivity contribution is 7.99. The van der Waals surface area contributed by atoms with E-state index >= 15 is 0 Å². The van der Waals surface area contributed by atoms with Crippen LogP contribution in [-0.4, -0.2) is 23.2 Å². The molecule has 1 heterocycles. The third kappa shape index (κ3) is 5.31. The van der Waals surface area contributed by atoms with E-state index in [2.05, 4.69) is 28.5 Å². The van der Waals surface area contributed by atoms with Crippen molar-refractivity contribution in [3.63, 3.8) is 0 Å². The first kappa shape index (κ1) is 18.0. The van der Waals surface area contributed by atoms with Crippen LogP contribution < -0.4 is 5.32 Å². The molecule has 1 N–H and O–H groups in total. The van der Waals surface area contributed by atoms with Crippen LogP contribution >= 0.6 is 23.1 Å². The number of para-hydroxylation sites is 1. The molecule has 5 heteroatoms. The Bertz CT molecular complexity index is 784. The summed E-state index contributed by atoms with van der Waals surface area (Å²) in [4.78, 5) is 18.0. The highest BCUT2D eigenvalue weighted by Crippen LogP contribution is 2.22. The van der Waals surface area contributed by atoms with E-state index in [0.29, 0.717) is 6.54 Å². The molecular formula is C20H22N2OS2. The maximum Gasteiger partial charge on any atom is 0.223 e. The first-order valence-electron chi connectivity index (χ1n) is 8.52. The molecule has 3 nitrogen and oxygen atoms in total. The van der Waals surface area contributed by atoms with Gasteiger partial charge in [-0.25, -0.2) is 4.98 Å². The molecule has 1 atom stereocenters. The zero-order chi connectivity index (χ0) is 17.5. The second-order valence-electron chi connectivity index (χ2n) is 6.00. The van der Waals surface area contributed by atoms with Crippen LogP contribution in [0.1, 0.15) is 18.4 Å². The fraction of sp³-hybridized carbons (Fsp3) is 0.300. The first-order valence-corrected chi connectivity index (χ1v) is 10.3. The smallest absolute Gasteiger partial charge is 0.223 e. The van der Waals surface area contributed by atoms with Gasteiger partial charge >= 0.3 is 0 Å². The third-order valence-electron chi connectivity index (χ3n) is 3.90. The van der Waals surface area contributed by atoms with Crippen molar-refractivity contribution in [1.82, 2.24) is 10.3 Å². The number of amides is 1. The Morgan fingerprint density at radius 2 is 1.92 bits per heavy atom. The lowest BCUT2D eigenvalue weighted by molar-refractivity contribution is -0.123. The fourth-order valence-electron chi connectivity index (χ4n) is 2.47. The molecule has 0 aliphatic carbocycles. The summed E-state index contributed by atoms with van der Waals surface area (Å²) in [7, 11) is 0. The van der Waals surface area contributed by atoms with Crippen LogP contribution in [0.2, 0.25) is 0 Å². The Kier molecular flexibility index (Phi) is 6.48. The second kappa shape index (κ2) is 9.02. The van der Waals surface area contributed by atoms with Crippen LogP contribution in [0.15, 0.2) is 59.5 Å². The van der Waals surface area contributed by atoms with Gasteiger partial charge in [0.05, 0.1) is 15.2 Å². The van der Waals surface area contributed by atoms with E-state index in [1.807, 2.05) is 43.3 Å². The monoisotopic (exact) mass is 370 g/mol. The van der Waals surface area contributed by atoms with Crippen LogP contribution in [0.5, 0.6) is 0 Å². The van der Waals surface area contributed by atoms with Gasteiger partial charge in [0.1, 0.15) is 0 Å². The largest absolute Gasteiger partial charge is 0.356 e. The zero-order valence-corrected chi connectivity index (χ0v) is 15.9. The Morgan fingerprint density at radius 3 is 2.72 bits per heavy atom. The number of thiazole rings is 1. The van der Waals surface area contributed by atoms with Gasteiger partial charge in [0.15, 0.2) is 0 Å². The van der Waals surface area contributed by atoms with Gasteiger partial charge in [-0.1, -0.05) is 37.3 Å². The average Bonchev–Trinajstić information content (AvgIpc) is 3.06. The van der Waals surface area contributed by atoms with E-state index in [4.69, 9.17) is 0 Å². The van der Waals surface area contributed by atoms with Gasteiger partial charge in [-0.3, -0.25) is 4.79 Å². The summed E-state index contributed by atoms with van der Waals surface area (Å²) >= 11 is 3.47. The quantitative estimate of drug-likeness (QED) is 0.458. The standard InChI is InChI=1S/C20H22N2OS2/c1-15(14-24-16-8-3-2-4-9-16)20(23)21-13-7-12-19-22-17-10-5-6-11-18(17)25-19/h2-6,8-11,15H,7,12-14H2,1H3,(H,21,23). The fourth-order valence-corrected chi connectivity index (χ4v) is 4.42. The zero-order valence-electron chi connectivity index (χ0n) is 14.3. The summed E-state index contributed by atoms with van der Waals surface area (Å²) in [6, 6.07) is 18.4. The molecule has 0 radical (unpaired) electrons. The van der Waals surface area contributed by atoms with Gasteiger partial charge < -0.3 is 5.32 Å². The van der Waals surface area contributed by atoms with Crippen molar-refractivity contribution in [1.29, 1.82) is 0 Å². The molecule has 3 rings (SSSR count). The highest BCUT2D eigenvalue weighted by atomic mass is 32.2. The summed E-state index contributed by atoms with van der Waals surface area (Å²) in [6.45, 7) is 2.69. The molecule has 0 saturated carbocycles. The van der Waals surface area contributed by atoms with Gasteiger partial charge in [-0.2, -0.15) is 0 Å². The highest BCUT2D eigenvalue weighted by Gasteiger charge is 2.12. The van der Waals surface area contributed by atoms with Crippen molar-refractivity contribution in [2.24, 2.45) is 5.92 Å². The molecule has 1 unspecified atom stereocenters. The van der Waals surface area contributed by atoms with Gasteiger partial charge in [-0.05, 0) is 30.7 Å². The number of nitrogens with one attached hydrogen (secondary N) is 1. The number of aryl methyl sites for hydroxylation is 1. The first-order chi connectivity index (χ1) is 12.2. The Balaban J connectivity index is 1.37. The lowest BCUT2D eigenvalue weighted by atomic mass is 10.2. The van der Waals surface area contributed by atoms with E-state index in [1.165, 1.54) is 9.60 Å². The van der Waals surface area contributed by atoms with Crippen molar-refractivity contribution in [2.45, 2.75) is 24.7 Å². The number of aromatic nitrogens is 1. The minimum atomic E-state index is 0.00709. The van der Waals surface area contributed by atoms with E-state index < -0.39 is 0 Å².